The molecule has 0 spiro atoms. The van der Waals surface area contributed by atoms with Crippen LogP contribution in [0.15, 0.2) is 56.2 Å². The number of amides is 1. The van der Waals surface area contributed by atoms with Crippen molar-refractivity contribution in [1.29, 1.82) is 0 Å². The van der Waals surface area contributed by atoms with Crippen molar-refractivity contribution in [3.8, 4) is 0 Å². The number of hydrogen-bond acceptors (Lipinski definition) is 3. The quantitative estimate of drug-likeness (QED) is 0.616. The van der Waals surface area contributed by atoms with Gasteiger partial charge in [0.2, 0.25) is 0 Å². The van der Waals surface area contributed by atoms with Gasteiger partial charge in [-0.15, -0.1) is 11.8 Å². The molecule has 1 amide bonds. The van der Waals surface area contributed by atoms with Gasteiger partial charge in [0, 0.05) is 20.3 Å². The zero-order valence-corrected chi connectivity index (χ0v) is 14.5. The molecule has 0 atom stereocenters. The SMILES string of the molecule is CSc1ccccc1NC(=O)c1oc2cc(Br)ccc2c1C. The van der Waals surface area contributed by atoms with Crippen molar-refractivity contribution in [2.75, 3.05) is 11.6 Å². The van der Waals surface area contributed by atoms with Gasteiger partial charge in [-0.25, -0.2) is 0 Å². The molecule has 0 radical (unpaired) electrons. The molecule has 0 bridgehead atoms. The average Bonchev–Trinajstić information content (AvgIpc) is 2.84. The molecule has 2 aromatic carbocycles. The summed E-state index contributed by atoms with van der Waals surface area (Å²) in [5.41, 5.74) is 2.35. The van der Waals surface area contributed by atoms with Gasteiger partial charge in [-0.2, -0.15) is 0 Å². The van der Waals surface area contributed by atoms with Gasteiger partial charge in [0.15, 0.2) is 5.76 Å². The largest absolute Gasteiger partial charge is 0.451 e. The van der Waals surface area contributed by atoms with Crippen molar-refractivity contribution in [1.82, 2.24) is 0 Å². The Hall–Kier alpha value is -1.72. The third-order valence-electron chi connectivity index (χ3n) is 3.46. The summed E-state index contributed by atoms with van der Waals surface area (Å²) in [7, 11) is 0. The molecule has 0 aliphatic rings. The van der Waals surface area contributed by atoms with Crippen LogP contribution >= 0.6 is 27.7 Å². The Kier molecular flexibility index (Phi) is 4.27. The van der Waals surface area contributed by atoms with Crippen LogP contribution in [0, 0.1) is 6.92 Å². The van der Waals surface area contributed by atoms with Crippen molar-refractivity contribution >= 4 is 50.3 Å². The summed E-state index contributed by atoms with van der Waals surface area (Å²) >= 11 is 5.00. The number of carbonyl (C=O) groups excluding carboxylic acids is 1. The Balaban J connectivity index is 1.97. The molecule has 22 heavy (non-hydrogen) atoms. The smallest absolute Gasteiger partial charge is 0.291 e. The van der Waals surface area contributed by atoms with Crippen LogP contribution in [0.2, 0.25) is 0 Å². The van der Waals surface area contributed by atoms with E-state index in [9.17, 15) is 4.79 Å². The van der Waals surface area contributed by atoms with Gasteiger partial charge in [0.1, 0.15) is 5.58 Å². The molecule has 1 aromatic heterocycles. The standard InChI is InChI=1S/C17H14BrNO2S/c1-10-12-8-7-11(18)9-14(12)21-16(10)17(20)19-13-5-3-4-6-15(13)22-2/h3-9H,1-2H3,(H,19,20). The highest BCUT2D eigenvalue weighted by Crippen LogP contribution is 2.30. The van der Waals surface area contributed by atoms with Crippen LogP contribution in [0.4, 0.5) is 5.69 Å². The van der Waals surface area contributed by atoms with E-state index in [-0.39, 0.29) is 5.91 Å². The van der Waals surface area contributed by atoms with Gasteiger partial charge in [-0.3, -0.25) is 4.79 Å². The van der Waals surface area contributed by atoms with E-state index in [0.29, 0.717) is 11.3 Å². The number of halogens is 1. The zero-order valence-electron chi connectivity index (χ0n) is 12.1. The fourth-order valence-corrected chi connectivity index (χ4v) is 3.24. The number of rotatable bonds is 3. The second kappa shape index (κ2) is 6.18. The molecule has 0 unspecified atom stereocenters. The first-order valence-electron chi connectivity index (χ1n) is 6.73. The second-order valence-corrected chi connectivity index (χ2v) is 6.61. The van der Waals surface area contributed by atoms with E-state index in [2.05, 4.69) is 21.2 Å². The van der Waals surface area contributed by atoms with Gasteiger partial charge in [-0.1, -0.05) is 28.1 Å². The molecule has 0 fully saturated rings. The van der Waals surface area contributed by atoms with Crippen LogP contribution in [0.1, 0.15) is 16.1 Å². The summed E-state index contributed by atoms with van der Waals surface area (Å²) in [4.78, 5) is 13.6. The van der Waals surface area contributed by atoms with E-state index in [1.54, 1.807) is 11.8 Å². The zero-order chi connectivity index (χ0) is 15.7. The Morgan fingerprint density at radius 3 is 2.77 bits per heavy atom. The van der Waals surface area contributed by atoms with Gasteiger partial charge >= 0.3 is 0 Å². The fraction of sp³-hybridized carbons (Fsp3) is 0.118. The Bertz CT molecular complexity index is 857. The Morgan fingerprint density at radius 2 is 2.00 bits per heavy atom. The van der Waals surface area contributed by atoms with Gasteiger partial charge in [0.05, 0.1) is 5.69 Å². The molecular weight excluding hydrogens is 362 g/mol. The number of carbonyl (C=O) groups is 1. The maximum absolute atomic E-state index is 12.5. The van der Waals surface area contributed by atoms with Crippen LogP contribution in [0.25, 0.3) is 11.0 Å². The van der Waals surface area contributed by atoms with Crippen molar-refractivity contribution in [3.05, 3.63) is 58.3 Å². The predicted octanol–water partition coefficient (Wildman–Crippen LogP) is 5.48. The topological polar surface area (TPSA) is 42.2 Å². The number of aryl methyl sites for hydroxylation is 1. The van der Waals surface area contributed by atoms with E-state index in [1.807, 2.05) is 55.6 Å². The average molecular weight is 376 g/mol. The molecule has 3 rings (SSSR count). The third-order valence-corrected chi connectivity index (χ3v) is 4.75. The number of benzene rings is 2. The lowest BCUT2D eigenvalue weighted by Gasteiger charge is -2.08. The highest BCUT2D eigenvalue weighted by Gasteiger charge is 2.18. The minimum atomic E-state index is -0.230. The fourth-order valence-electron chi connectivity index (χ4n) is 2.34. The molecule has 3 aromatic rings. The maximum Gasteiger partial charge on any atom is 0.291 e. The highest BCUT2D eigenvalue weighted by molar-refractivity contribution is 9.10. The van der Waals surface area contributed by atoms with Crippen molar-refractivity contribution in [2.45, 2.75) is 11.8 Å². The van der Waals surface area contributed by atoms with Crippen molar-refractivity contribution in [2.24, 2.45) is 0 Å². The van der Waals surface area contributed by atoms with Crippen LogP contribution < -0.4 is 5.32 Å². The van der Waals surface area contributed by atoms with Gasteiger partial charge in [0.25, 0.3) is 5.91 Å². The van der Waals surface area contributed by atoms with E-state index < -0.39 is 0 Å². The molecule has 0 aliphatic carbocycles. The first-order chi connectivity index (χ1) is 10.6. The number of para-hydroxylation sites is 1. The van der Waals surface area contributed by atoms with Crippen molar-refractivity contribution in [3.63, 3.8) is 0 Å². The number of furan rings is 1. The van der Waals surface area contributed by atoms with Gasteiger partial charge < -0.3 is 9.73 Å². The lowest BCUT2D eigenvalue weighted by molar-refractivity contribution is 0.0997. The van der Waals surface area contributed by atoms with Crippen LogP contribution in [-0.4, -0.2) is 12.2 Å². The molecule has 3 nitrogen and oxygen atoms in total. The first kappa shape index (κ1) is 15.2. The van der Waals surface area contributed by atoms with E-state index in [1.165, 1.54) is 0 Å². The van der Waals surface area contributed by atoms with Gasteiger partial charge in [-0.05, 0) is 43.5 Å². The summed E-state index contributed by atoms with van der Waals surface area (Å²) in [5.74, 6) is 0.121. The number of thioether (sulfide) groups is 1. The van der Waals surface area contributed by atoms with E-state index in [4.69, 9.17) is 4.42 Å². The monoisotopic (exact) mass is 375 g/mol. The number of anilines is 1. The minimum absolute atomic E-state index is 0.230. The van der Waals surface area contributed by atoms with Crippen LogP contribution in [0.3, 0.4) is 0 Å². The Morgan fingerprint density at radius 1 is 1.23 bits per heavy atom. The molecule has 5 heteroatoms. The summed E-state index contributed by atoms with van der Waals surface area (Å²) in [6.07, 6.45) is 1.98. The molecular formula is C17H14BrNO2S. The highest BCUT2D eigenvalue weighted by atomic mass is 79.9. The van der Waals surface area contributed by atoms with Crippen LogP contribution in [-0.2, 0) is 0 Å². The summed E-state index contributed by atoms with van der Waals surface area (Å²) in [6, 6.07) is 13.5. The van der Waals surface area contributed by atoms with Crippen LogP contribution in [0.5, 0.6) is 0 Å². The molecule has 1 heterocycles. The number of nitrogens with one attached hydrogen (secondary N) is 1. The lowest BCUT2D eigenvalue weighted by Crippen LogP contribution is -2.12. The molecule has 0 saturated carbocycles. The summed E-state index contributed by atoms with van der Waals surface area (Å²) < 4.78 is 6.66. The second-order valence-electron chi connectivity index (χ2n) is 4.85. The molecule has 0 saturated heterocycles. The maximum atomic E-state index is 12.5. The van der Waals surface area contributed by atoms with E-state index in [0.717, 1.165) is 26.0 Å². The molecule has 0 aliphatic heterocycles. The van der Waals surface area contributed by atoms with E-state index >= 15 is 0 Å². The normalized spacial score (nSPS) is 10.9. The molecule has 112 valence electrons. The first-order valence-corrected chi connectivity index (χ1v) is 8.75. The minimum Gasteiger partial charge on any atom is -0.451 e. The number of hydrogen-bond donors (Lipinski definition) is 1. The summed E-state index contributed by atoms with van der Waals surface area (Å²) in [5, 5.41) is 3.88. The van der Waals surface area contributed by atoms with Crippen molar-refractivity contribution < 1.29 is 9.21 Å². The Labute approximate surface area is 141 Å². The number of fused-ring (bicyclic) bond motifs is 1. The third kappa shape index (κ3) is 2.78. The predicted molar refractivity (Wildman–Crippen MR) is 94.8 cm³/mol. The summed E-state index contributed by atoms with van der Waals surface area (Å²) in [6.45, 7) is 1.90. The lowest BCUT2D eigenvalue weighted by atomic mass is 10.1. The molecule has 1 N–H and O–H groups in total.